The van der Waals surface area contributed by atoms with Gasteiger partial charge in [0.1, 0.15) is 0 Å². The molecule has 1 aromatic rings. The highest BCUT2D eigenvalue weighted by molar-refractivity contribution is 5.31. The quantitative estimate of drug-likeness (QED) is 0.873. The van der Waals surface area contributed by atoms with Crippen LogP contribution in [0.4, 0.5) is 0 Å². The van der Waals surface area contributed by atoms with Gasteiger partial charge in [0, 0.05) is 19.7 Å². The third-order valence-electron chi connectivity index (χ3n) is 4.37. The molecule has 118 valence electrons. The summed E-state index contributed by atoms with van der Waals surface area (Å²) in [7, 11) is 0. The second-order valence-corrected chi connectivity index (χ2v) is 6.25. The molecule has 2 atom stereocenters. The van der Waals surface area contributed by atoms with E-state index in [0.29, 0.717) is 12.6 Å². The number of benzene rings is 1. The highest BCUT2D eigenvalue weighted by atomic mass is 16.5. The molecule has 2 rings (SSSR count). The van der Waals surface area contributed by atoms with Gasteiger partial charge in [0.15, 0.2) is 0 Å². The lowest BCUT2D eigenvalue weighted by Crippen LogP contribution is -2.41. The summed E-state index contributed by atoms with van der Waals surface area (Å²) < 4.78 is 5.86. The third kappa shape index (κ3) is 4.80. The van der Waals surface area contributed by atoms with Crippen LogP contribution < -0.4 is 0 Å². The minimum absolute atomic E-state index is 0.339. The molecule has 21 heavy (non-hydrogen) atoms. The Kier molecular flexibility index (Phi) is 6.22. The topological polar surface area (TPSA) is 32.7 Å². The van der Waals surface area contributed by atoms with Crippen molar-refractivity contribution in [2.75, 3.05) is 26.2 Å². The van der Waals surface area contributed by atoms with Gasteiger partial charge >= 0.3 is 0 Å². The Morgan fingerprint density at radius 2 is 2.14 bits per heavy atom. The molecule has 3 heteroatoms. The van der Waals surface area contributed by atoms with Crippen molar-refractivity contribution in [2.24, 2.45) is 0 Å². The number of aryl methyl sites for hydroxylation is 2. The molecule has 0 saturated carbocycles. The molecular formula is C18H29NO2. The Hall–Kier alpha value is -0.900. The van der Waals surface area contributed by atoms with Gasteiger partial charge in [-0.3, -0.25) is 4.90 Å². The minimum Gasteiger partial charge on any atom is -0.387 e. The molecule has 1 aliphatic heterocycles. The number of β-amino-alcohol motifs (C(OH)–C–C–N with tert-alkyl or cyclic N) is 1. The number of piperidine rings is 1. The number of aliphatic hydroxyl groups is 1. The standard InChI is InChI=1S/C18H29NO2/c1-4-10-21-17-6-5-9-19(12-17)13-18(20)16-8-7-14(2)15(3)11-16/h7-8,11,17-18,20H,4-6,9-10,12-13H2,1-3H3. The van der Waals surface area contributed by atoms with E-state index in [0.717, 1.165) is 44.5 Å². The summed E-state index contributed by atoms with van der Waals surface area (Å²) in [5, 5.41) is 10.5. The summed E-state index contributed by atoms with van der Waals surface area (Å²) in [4.78, 5) is 2.34. The zero-order chi connectivity index (χ0) is 15.2. The lowest BCUT2D eigenvalue weighted by atomic mass is 10.0. The second kappa shape index (κ2) is 7.92. The van der Waals surface area contributed by atoms with Crippen molar-refractivity contribution in [1.82, 2.24) is 4.90 Å². The third-order valence-corrected chi connectivity index (χ3v) is 4.37. The van der Waals surface area contributed by atoms with Crippen LogP contribution in [0.3, 0.4) is 0 Å². The molecule has 1 fully saturated rings. The second-order valence-electron chi connectivity index (χ2n) is 6.25. The average Bonchev–Trinajstić information content (AvgIpc) is 2.48. The van der Waals surface area contributed by atoms with Gasteiger partial charge in [-0.2, -0.15) is 0 Å². The molecule has 2 unspecified atom stereocenters. The summed E-state index contributed by atoms with van der Waals surface area (Å²) in [5.74, 6) is 0. The lowest BCUT2D eigenvalue weighted by Gasteiger charge is -2.33. The fraction of sp³-hybridized carbons (Fsp3) is 0.667. The van der Waals surface area contributed by atoms with Crippen LogP contribution in [-0.2, 0) is 4.74 Å². The molecule has 0 bridgehead atoms. The van der Waals surface area contributed by atoms with Crippen LogP contribution in [0.25, 0.3) is 0 Å². The van der Waals surface area contributed by atoms with E-state index >= 15 is 0 Å². The van der Waals surface area contributed by atoms with Gasteiger partial charge in [-0.05, 0) is 56.3 Å². The first-order valence-corrected chi connectivity index (χ1v) is 8.19. The molecule has 1 heterocycles. The monoisotopic (exact) mass is 291 g/mol. The number of likely N-dealkylation sites (tertiary alicyclic amines) is 1. The van der Waals surface area contributed by atoms with Crippen LogP contribution in [0.2, 0.25) is 0 Å². The molecule has 1 N–H and O–H groups in total. The maximum atomic E-state index is 10.5. The summed E-state index contributed by atoms with van der Waals surface area (Å²) in [6.45, 7) is 9.90. The van der Waals surface area contributed by atoms with E-state index in [9.17, 15) is 5.11 Å². The predicted molar refractivity (Wildman–Crippen MR) is 86.6 cm³/mol. The van der Waals surface area contributed by atoms with Crippen molar-refractivity contribution < 1.29 is 9.84 Å². The normalized spacial score (nSPS) is 21.4. The smallest absolute Gasteiger partial charge is 0.0917 e. The maximum Gasteiger partial charge on any atom is 0.0917 e. The van der Waals surface area contributed by atoms with E-state index in [1.807, 2.05) is 6.07 Å². The van der Waals surface area contributed by atoms with Crippen LogP contribution in [0.1, 0.15) is 49.0 Å². The molecular weight excluding hydrogens is 262 g/mol. The van der Waals surface area contributed by atoms with E-state index in [1.165, 1.54) is 11.1 Å². The maximum absolute atomic E-state index is 10.5. The Morgan fingerprint density at radius 1 is 1.33 bits per heavy atom. The Morgan fingerprint density at radius 3 is 2.86 bits per heavy atom. The average molecular weight is 291 g/mol. The van der Waals surface area contributed by atoms with Crippen LogP contribution in [-0.4, -0.2) is 42.4 Å². The van der Waals surface area contributed by atoms with E-state index in [1.54, 1.807) is 0 Å². The highest BCUT2D eigenvalue weighted by Crippen LogP contribution is 2.21. The summed E-state index contributed by atoms with van der Waals surface area (Å²) in [6.07, 6.45) is 3.31. The van der Waals surface area contributed by atoms with E-state index in [2.05, 4.69) is 37.8 Å². The molecule has 0 spiro atoms. The van der Waals surface area contributed by atoms with E-state index in [4.69, 9.17) is 4.74 Å². The van der Waals surface area contributed by atoms with Crippen molar-refractivity contribution in [3.8, 4) is 0 Å². The largest absolute Gasteiger partial charge is 0.387 e. The number of hydrogen-bond acceptors (Lipinski definition) is 3. The fourth-order valence-corrected chi connectivity index (χ4v) is 2.92. The molecule has 0 amide bonds. The Labute approximate surface area is 128 Å². The summed E-state index contributed by atoms with van der Waals surface area (Å²) in [6, 6.07) is 6.24. The van der Waals surface area contributed by atoms with Crippen LogP contribution in [0, 0.1) is 13.8 Å². The Bertz CT molecular complexity index is 447. The first-order valence-electron chi connectivity index (χ1n) is 8.19. The number of aliphatic hydroxyl groups excluding tert-OH is 1. The highest BCUT2D eigenvalue weighted by Gasteiger charge is 2.22. The minimum atomic E-state index is -0.408. The number of ether oxygens (including phenoxy) is 1. The van der Waals surface area contributed by atoms with Crippen LogP contribution in [0.5, 0.6) is 0 Å². The molecule has 0 aliphatic carbocycles. The van der Waals surface area contributed by atoms with Crippen molar-refractivity contribution >= 4 is 0 Å². The molecule has 3 nitrogen and oxygen atoms in total. The lowest BCUT2D eigenvalue weighted by molar-refractivity contribution is -0.0119. The molecule has 0 aromatic heterocycles. The number of hydrogen-bond donors (Lipinski definition) is 1. The number of nitrogens with zero attached hydrogens (tertiary/aromatic N) is 1. The molecule has 1 aliphatic rings. The number of rotatable bonds is 6. The zero-order valence-electron chi connectivity index (χ0n) is 13.6. The van der Waals surface area contributed by atoms with E-state index in [-0.39, 0.29) is 0 Å². The summed E-state index contributed by atoms with van der Waals surface area (Å²) in [5.41, 5.74) is 3.54. The molecule has 0 radical (unpaired) electrons. The van der Waals surface area contributed by atoms with Gasteiger partial charge in [0.2, 0.25) is 0 Å². The SMILES string of the molecule is CCCOC1CCCN(CC(O)c2ccc(C)c(C)c2)C1. The van der Waals surface area contributed by atoms with Gasteiger partial charge in [-0.1, -0.05) is 25.1 Å². The van der Waals surface area contributed by atoms with E-state index < -0.39 is 6.10 Å². The van der Waals surface area contributed by atoms with Crippen LogP contribution in [0.15, 0.2) is 18.2 Å². The van der Waals surface area contributed by atoms with Gasteiger partial charge in [-0.25, -0.2) is 0 Å². The molecule has 1 aromatic carbocycles. The first-order chi connectivity index (χ1) is 10.1. The van der Waals surface area contributed by atoms with Gasteiger partial charge in [0.25, 0.3) is 0 Å². The van der Waals surface area contributed by atoms with Gasteiger partial charge in [0.05, 0.1) is 12.2 Å². The Balaban J connectivity index is 1.89. The fourth-order valence-electron chi connectivity index (χ4n) is 2.92. The van der Waals surface area contributed by atoms with Crippen molar-refractivity contribution in [3.05, 3.63) is 34.9 Å². The van der Waals surface area contributed by atoms with Crippen molar-refractivity contribution in [2.45, 2.75) is 52.2 Å². The predicted octanol–water partition coefficient (Wildman–Crippen LogP) is 3.23. The summed E-state index contributed by atoms with van der Waals surface area (Å²) >= 11 is 0. The van der Waals surface area contributed by atoms with Gasteiger partial charge in [-0.15, -0.1) is 0 Å². The first kappa shape index (κ1) is 16.5. The zero-order valence-corrected chi connectivity index (χ0v) is 13.6. The van der Waals surface area contributed by atoms with Crippen LogP contribution >= 0.6 is 0 Å². The van der Waals surface area contributed by atoms with Crippen molar-refractivity contribution in [1.29, 1.82) is 0 Å². The van der Waals surface area contributed by atoms with Crippen molar-refractivity contribution in [3.63, 3.8) is 0 Å². The molecule has 1 saturated heterocycles. The van der Waals surface area contributed by atoms with Gasteiger partial charge < -0.3 is 9.84 Å².